The van der Waals surface area contributed by atoms with Gasteiger partial charge in [0.2, 0.25) is 0 Å². The summed E-state index contributed by atoms with van der Waals surface area (Å²) in [6, 6.07) is 2.17. The summed E-state index contributed by atoms with van der Waals surface area (Å²) in [5.41, 5.74) is 0. The first kappa shape index (κ1) is 10.7. The zero-order chi connectivity index (χ0) is 8.91. The molecule has 0 aromatic heterocycles. The maximum absolute atomic E-state index is 8.67. The Morgan fingerprint density at radius 3 is 2.27 bits per heavy atom. The monoisotopic (exact) mass is 171 g/mol. The second kappa shape index (κ2) is 4.53. The van der Waals surface area contributed by atoms with Gasteiger partial charge in [0.15, 0.2) is 8.32 Å². The first-order chi connectivity index (χ1) is 4.99. The van der Waals surface area contributed by atoms with Crippen LogP contribution in [0.25, 0.3) is 0 Å². The van der Waals surface area contributed by atoms with Crippen molar-refractivity contribution in [3.63, 3.8) is 0 Å². The molecule has 0 aliphatic carbocycles. The van der Waals surface area contributed by atoms with Gasteiger partial charge in [-0.3, -0.25) is 0 Å². The Bertz CT molecular complexity index is 145. The minimum Gasteiger partial charge on any atom is -0.402 e. The van der Waals surface area contributed by atoms with Crippen molar-refractivity contribution in [2.75, 3.05) is 0 Å². The molecule has 1 atom stereocenters. The Labute approximate surface area is 70.3 Å². The molecule has 11 heavy (non-hydrogen) atoms. The van der Waals surface area contributed by atoms with Crippen molar-refractivity contribution in [1.82, 2.24) is 0 Å². The molecule has 2 nitrogen and oxygen atoms in total. The van der Waals surface area contributed by atoms with E-state index in [4.69, 9.17) is 9.69 Å². The van der Waals surface area contributed by atoms with Crippen molar-refractivity contribution >= 4 is 8.32 Å². The Hall–Kier alpha value is -0.333. The van der Waals surface area contributed by atoms with Gasteiger partial charge >= 0.3 is 0 Å². The SMILES string of the molecule is CCCC(C#N)O[Si](C)(C)C. The first-order valence-electron chi connectivity index (χ1n) is 4.07. The van der Waals surface area contributed by atoms with Crippen LogP contribution in [0.5, 0.6) is 0 Å². The lowest BCUT2D eigenvalue weighted by Gasteiger charge is -2.20. The molecule has 1 unspecified atom stereocenters. The van der Waals surface area contributed by atoms with E-state index < -0.39 is 8.32 Å². The Morgan fingerprint density at radius 1 is 1.45 bits per heavy atom. The minimum absolute atomic E-state index is 0.174. The Kier molecular flexibility index (Phi) is 4.39. The topological polar surface area (TPSA) is 33.0 Å². The van der Waals surface area contributed by atoms with Crippen LogP contribution in [0.2, 0.25) is 19.6 Å². The lowest BCUT2D eigenvalue weighted by atomic mass is 10.2. The van der Waals surface area contributed by atoms with Crippen LogP contribution in [0.3, 0.4) is 0 Å². The molecule has 0 aromatic rings. The molecule has 0 aromatic carbocycles. The van der Waals surface area contributed by atoms with Gasteiger partial charge < -0.3 is 4.43 Å². The van der Waals surface area contributed by atoms with E-state index in [2.05, 4.69) is 32.6 Å². The van der Waals surface area contributed by atoms with Crippen molar-refractivity contribution in [1.29, 1.82) is 5.26 Å². The number of nitriles is 1. The second-order valence-electron chi connectivity index (χ2n) is 3.64. The maximum Gasteiger partial charge on any atom is 0.185 e. The summed E-state index contributed by atoms with van der Waals surface area (Å²) in [4.78, 5) is 0. The van der Waals surface area contributed by atoms with Crippen molar-refractivity contribution in [3.05, 3.63) is 0 Å². The van der Waals surface area contributed by atoms with E-state index in [0.29, 0.717) is 0 Å². The maximum atomic E-state index is 8.67. The average molecular weight is 171 g/mol. The first-order valence-corrected chi connectivity index (χ1v) is 7.48. The fourth-order valence-electron chi connectivity index (χ4n) is 0.839. The van der Waals surface area contributed by atoms with E-state index in [1.807, 2.05) is 0 Å². The van der Waals surface area contributed by atoms with Gasteiger partial charge in [0.05, 0.1) is 6.07 Å². The van der Waals surface area contributed by atoms with Gasteiger partial charge in [0.1, 0.15) is 6.10 Å². The zero-order valence-electron chi connectivity index (χ0n) is 7.85. The van der Waals surface area contributed by atoms with Gasteiger partial charge in [-0.1, -0.05) is 13.3 Å². The van der Waals surface area contributed by atoms with Gasteiger partial charge in [-0.25, -0.2) is 0 Å². The van der Waals surface area contributed by atoms with E-state index in [1.165, 1.54) is 0 Å². The molecule has 0 aliphatic rings. The molecular formula is C8H17NOSi. The van der Waals surface area contributed by atoms with E-state index >= 15 is 0 Å². The third-order valence-electron chi connectivity index (χ3n) is 1.19. The predicted octanol–water partition coefficient (Wildman–Crippen LogP) is 2.53. The van der Waals surface area contributed by atoms with Crippen LogP contribution >= 0.6 is 0 Å². The van der Waals surface area contributed by atoms with Gasteiger partial charge in [-0.2, -0.15) is 5.26 Å². The highest BCUT2D eigenvalue weighted by Gasteiger charge is 2.19. The zero-order valence-corrected chi connectivity index (χ0v) is 8.85. The number of hydrogen-bond donors (Lipinski definition) is 0. The molecular weight excluding hydrogens is 154 g/mol. The van der Waals surface area contributed by atoms with E-state index in [1.54, 1.807) is 0 Å². The molecule has 64 valence electrons. The van der Waals surface area contributed by atoms with Crippen molar-refractivity contribution in [2.24, 2.45) is 0 Å². The number of rotatable bonds is 4. The summed E-state index contributed by atoms with van der Waals surface area (Å²) in [6.45, 7) is 8.38. The van der Waals surface area contributed by atoms with Gasteiger partial charge in [-0.15, -0.1) is 0 Å². The quantitative estimate of drug-likeness (QED) is 0.609. The predicted molar refractivity (Wildman–Crippen MR) is 48.7 cm³/mol. The van der Waals surface area contributed by atoms with Crippen LogP contribution in [0.1, 0.15) is 19.8 Å². The third-order valence-corrected chi connectivity index (χ3v) is 2.18. The molecule has 0 N–H and O–H groups in total. The van der Waals surface area contributed by atoms with Crippen LogP contribution in [-0.2, 0) is 4.43 Å². The van der Waals surface area contributed by atoms with Crippen LogP contribution in [-0.4, -0.2) is 14.4 Å². The second-order valence-corrected chi connectivity index (χ2v) is 8.10. The number of hydrogen-bond acceptors (Lipinski definition) is 2. The molecule has 0 aliphatic heterocycles. The highest BCUT2D eigenvalue weighted by molar-refractivity contribution is 6.69. The standard InChI is InChI=1S/C8H17NOSi/c1-5-6-8(7-9)10-11(2,3)4/h8H,5-6H2,1-4H3. The summed E-state index contributed by atoms with van der Waals surface area (Å²) in [6.07, 6.45) is 1.70. The molecule has 3 heteroatoms. The van der Waals surface area contributed by atoms with Gasteiger partial charge in [-0.05, 0) is 26.1 Å². The van der Waals surface area contributed by atoms with E-state index in [9.17, 15) is 0 Å². The van der Waals surface area contributed by atoms with Crippen LogP contribution in [0, 0.1) is 11.3 Å². The van der Waals surface area contributed by atoms with Crippen molar-refractivity contribution in [3.8, 4) is 6.07 Å². The summed E-state index contributed by atoms with van der Waals surface area (Å²) in [5.74, 6) is 0. The highest BCUT2D eigenvalue weighted by Crippen LogP contribution is 2.10. The molecule has 0 bridgehead atoms. The molecule has 0 fully saturated rings. The van der Waals surface area contributed by atoms with E-state index in [0.717, 1.165) is 12.8 Å². The lowest BCUT2D eigenvalue weighted by molar-refractivity contribution is 0.237. The van der Waals surface area contributed by atoms with Crippen LogP contribution < -0.4 is 0 Å². The fraction of sp³-hybridized carbons (Fsp3) is 0.875. The average Bonchev–Trinajstić information content (AvgIpc) is 1.84. The normalized spacial score (nSPS) is 14.1. The summed E-state index contributed by atoms with van der Waals surface area (Å²) in [7, 11) is -1.50. The van der Waals surface area contributed by atoms with Crippen molar-refractivity contribution < 1.29 is 4.43 Å². The summed E-state index contributed by atoms with van der Waals surface area (Å²) >= 11 is 0. The largest absolute Gasteiger partial charge is 0.402 e. The fourth-order valence-corrected chi connectivity index (χ4v) is 1.86. The molecule has 0 saturated carbocycles. The molecule has 0 rings (SSSR count). The summed E-state index contributed by atoms with van der Waals surface area (Å²) in [5, 5.41) is 8.67. The number of nitrogens with zero attached hydrogens (tertiary/aromatic N) is 1. The van der Waals surface area contributed by atoms with Crippen molar-refractivity contribution in [2.45, 2.75) is 45.5 Å². The molecule has 0 heterocycles. The minimum atomic E-state index is -1.50. The molecule has 0 amide bonds. The highest BCUT2D eigenvalue weighted by atomic mass is 28.4. The summed E-state index contributed by atoms with van der Waals surface area (Å²) < 4.78 is 5.61. The lowest BCUT2D eigenvalue weighted by Crippen LogP contribution is -2.31. The third kappa shape index (κ3) is 6.08. The smallest absolute Gasteiger partial charge is 0.185 e. The molecule has 0 spiro atoms. The van der Waals surface area contributed by atoms with Crippen LogP contribution in [0.15, 0.2) is 0 Å². The Morgan fingerprint density at radius 2 is 2.00 bits per heavy atom. The Balaban J connectivity index is 3.81. The molecule has 0 saturated heterocycles. The van der Waals surface area contributed by atoms with E-state index in [-0.39, 0.29) is 6.10 Å². The van der Waals surface area contributed by atoms with Gasteiger partial charge in [0, 0.05) is 0 Å². The van der Waals surface area contributed by atoms with Crippen LogP contribution in [0.4, 0.5) is 0 Å². The molecule has 0 radical (unpaired) electrons. The van der Waals surface area contributed by atoms with Gasteiger partial charge in [0.25, 0.3) is 0 Å².